The largest absolute Gasteiger partial charge is 0.352 e. The van der Waals surface area contributed by atoms with Gasteiger partial charge in [-0.05, 0) is 43.9 Å². The van der Waals surface area contributed by atoms with Crippen molar-refractivity contribution in [2.75, 3.05) is 17.1 Å². The lowest BCUT2D eigenvalue weighted by molar-refractivity contribution is -0.140. The van der Waals surface area contributed by atoms with Gasteiger partial charge in [0.1, 0.15) is 12.6 Å². The van der Waals surface area contributed by atoms with Crippen LogP contribution in [0.2, 0.25) is 15.1 Å². The summed E-state index contributed by atoms with van der Waals surface area (Å²) in [6.45, 7) is 3.36. The fourth-order valence-corrected chi connectivity index (χ4v) is 6.14. The van der Waals surface area contributed by atoms with Gasteiger partial charge in [-0.15, -0.1) is 0 Å². The minimum Gasteiger partial charge on any atom is -0.352 e. The lowest BCUT2D eigenvalue weighted by Crippen LogP contribution is -2.53. The molecule has 7 nitrogen and oxygen atoms in total. The van der Waals surface area contributed by atoms with Crippen LogP contribution in [-0.4, -0.2) is 50.0 Å². The molecule has 2 amide bonds. The predicted molar refractivity (Wildman–Crippen MR) is 150 cm³/mol. The van der Waals surface area contributed by atoms with Crippen molar-refractivity contribution in [2.24, 2.45) is 0 Å². The summed E-state index contributed by atoms with van der Waals surface area (Å²) < 4.78 is 26.5. The van der Waals surface area contributed by atoms with Gasteiger partial charge >= 0.3 is 0 Å². The Morgan fingerprint density at radius 2 is 1.70 bits per heavy atom. The van der Waals surface area contributed by atoms with Crippen molar-refractivity contribution < 1.29 is 18.0 Å². The maximum Gasteiger partial charge on any atom is 0.244 e. The first-order valence-corrected chi connectivity index (χ1v) is 15.2. The Balaban J connectivity index is 1.97. The number of aryl methyl sites for hydroxylation is 1. The molecule has 202 valence electrons. The van der Waals surface area contributed by atoms with Gasteiger partial charge in [-0.3, -0.25) is 13.9 Å². The zero-order valence-electron chi connectivity index (χ0n) is 21.1. The molecule has 0 saturated heterocycles. The highest BCUT2D eigenvalue weighted by molar-refractivity contribution is 7.92. The van der Waals surface area contributed by atoms with E-state index in [2.05, 4.69) is 5.32 Å². The van der Waals surface area contributed by atoms with E-state index in [4.69, 9.17) is 34.8 Å². The van der Waals surface area contributed by atoms with Crippen LogP contribution >= 0.6 is 34.8 Å². The molecule has 0 spiro atoms. The number of nitrogens with one attached hydrogen (secondary N) is 1. The molecule has 0 bridgehead atoms. The SMILES string of the molecule is CC[C@@H](C(=O)NC1CCCC1)N(Cc1cccc(C)c1)C(=O)CN(c1cc(Cl)c(Cl)cc1Cl)S(C)(=O)=O. The van der Waals surface area contributed by atoms with Crippen molar-refractivity contribution in [3.63, 3.8) is 0 Å². The first-order chi connectivity index (χ1) is 17.4. The third-order valence-corrected chi connectivity index (χ3v) is 8.61. The fourth-order valence-electron chi connectivity index (χ4n) is 4.59. The van der Waals surface area contributed by atoms with E-state index in [1.807, 2.05) is 38.1 Å². The van der Waals surface area contributed by atoms with Crippen LogP contribution in [0.5, 0.6) is 0 Å². The standard InChI is InChI=1S/C26H32Cl3N3O4S/c1-4-23(26(34)30-19-10-5-6-11-19)31(15-18-9-7-8-17(2)12-18)25(33)16-32(37(3,35)36)24-14-21(28)20(27)13-22(24)29/h7-9,12-14,19,23H,4-6,10-11,15-16H2,1-3H3,(H,30,34)/t23-/m0/s1. The maximum absolute atomic E-state index is 13.8. The van der Waals surface area contributed by atoms with Crippen LogP contribution in [0.3, 0.4) is 0 Å². The van der Waals surface area contributed by atoms with Crippen LogP contribution in [0.15, 0.2) is 36.4 Å². The molecule has 0 heterocycles. The van der Waals surface area contributed by atoms with Gasteiger partial charge in [-0.25, -0.2) is 8.42 Å². The summed E-state index contributed by atoms with van der Waals surface area (Å²) >= 11 is 18.5. The van der Waals surface area contributed by atoms with Crippen molar-refractivity contribution in [3.8, 4) is 0 Å². The topological polar surface area (TPSA) is 86.8 Å². The summed E-state index contributed by atoms with van der Waals surface area (Å²) in [4.78, 5) is 28.6. The summed E-state index contributed by atoms with van der Waals surface area (Å²) in [6.07, 6.45) is 5.27. The number of rotatable bonds is 10. The number of nitrogens with zero attached hydrogens (tertiary/aromatic N) is 2. The lowest BCUT2D eigenvalue weighted by atomic mass is 10.1. The third kappa shape index (κ3) is 7.76. The minimum absolute atomic E-state index is 0.0314. The Bertz CT molecular complexity index is 1250. The third-order valence-electron chi connectivity index (χ3n) is 6.46. The Morgan fingerprint density at radius 1 is 1.05 bits per heavy atom. The molecular formula is C26H32Cl3N3O4S. The number of anilines is 1. The molecule has 1 aliphatic carbocycles. The number of benzene rings is 2. The number of hydrogen-bond acceptors (Lipinski definition) is 4. The summed E-state index contributed by atoms with van der Waals surface area (Å²) in [5, 5.41) is 3.37. The van der Waals surface area contributed by atoms with E-state index in [0.717, 1.165) is 47.4 Å². The Hall–Kier alpha value is -2.00. The van der Waals surface area contributed by atoms with E-state index in [1.54, 1.807) is 0 Å². The smallest absolute Gasteiger partial charge is 0.244 e. The van der Waals surface area contributed by atoms with Gasteiger partial charge in [0, 0.05) is 12.6 Å². The molecule has 2 aromatic rings. The van der Waals surface area contributed by atoms with Crippen LogP contribution in [0, 0.1) is 6.92 Å². The minimum atomic E-state index is -3.95. The molecule has 0 aromatic heterocycles. The summed E-state index contributed by atoms with van der Waals surface area (Å²) in [6, 6.07) is 9.58. The molecule has 0 unspecified atom stereocenters. The van der Waals surface area contributed by atoms with E-state index < -0.39 is 28.5 Å². The van der Waals surface area contributed by atoms with Gasteiger partial charge in [-0.2, -0.15) is 0 Å². The average Bonchev–Trinajstić information content (AvgIpc) is 3.32. The molecule has 1 N–H and O–H groups in total. The van der Waals surface area contributed by atoms with Gasteiger partial charge in [0.05, 0.1) is 27.0 Å². The quantitative estimate of drug-likeness (QED) is 0.367. The van der Waals surface area contributed by atoms with Gasteiger partial charge in [0.25, 0.3) is 0 Å². The van der Waals surface area contributed by atoms with Crippen LogP contribution in [0.4, 0.5) is 5.69 Å². The van der Waals surface area contributed by atoms with Crippen molar-refractivity contribution >= 4 is 62.3 Å². The molecule has 1 saturated carbocycles. The summed E-state index contributed by atoms with van der Waals surface area (Å²) in [5.41, 5.74) is 1.87. The van der Waals surface area contributed by atoms with E-state index in [9.17, 15) is 18.0 Å². The van der Waals surface area contributed by atoms with Crippen molar-refractivity contribution in [3.05, 3.63) is 62.6 Å². The fraction of sp³-hybridized carbons (Fsp3) is 0.462. The van der Waals surface area contributed by atoms with Gasteiger partial charge in [-0.1, -0.05) is 84.4 Å². The highest BCUT2D eigenvalue weighted by Crippen LogP contribution is 2.35. The van der Waals surface area contributed by atoms with Crippen LogP contribution in [-0.2, 0) is 26.2 Å². The average molecular weight is 589 g/mol. The highest BCUT2D eigenvalue weighted by atomic mass is 35.5. The zero-order chi connectivity index (χ0) is 27.3. The maximum atomic E-state index is 13.8. The Morgan fingerprint density at radius 3 is 2.30 bits per heavy atom. The second kappa shape index (κ2) is 12.7. The van der Waals surface area contributed by atoms with E-state index >= 15 is 0 Å². The van der Waals surface area contributed by atoms with E-state index in [0.29, 0.717) is 6.42 Å². The Kier molecular flexibility index (Phi) is 10.1. The molecule has 1 aliphatic rings. The number of carbonyl (C=O) groups excluding carboxylic acids is 2. The lowest BCUT2D eigenvalue weighted by Gasteiger charge is -2.33. The molecule has 0 aliphatic heterocycles. The van der Waals surface area contributed by atoms with Crippen LogP contribution in [0.25, 0.3) is 0 Å². The zero-order valence-corrected chi connectivity index (χ0v) is 24.2. The van der Waals surface area contributed by atoms with Crippen LogP contribution < -0.4 is 9.62 Å². The summed E-state index contributed by atoms with van der Waals surface area (Å²) in [5.74, 6) is -0.781. The Labute approximate surface area is 234 Å². The molecule has 37 heavy (non-hydrogen) atoms. The van der Waals surface area contributed by atoms with Crippen molar-refractivity contribution in [1.82, 2.24) is 10.2 Å². The monoisotopic (exact) mass is 587 g/mol. The highest BCUT2D eigenvalue weighted by Gasteiger charge is 2.33. The second-order valence-electron chi connectivity index (χ2n) is 9.41. The van der Waals surface area contributed by atoms with Crippen LogP contribution in [0.1, 0.15) is 50.2 Å². The predicted octanol–water partition coefficient (Wildman–Crippen LogP) is 5.59. The summed E-state index contributed by atoms with van der Waals surface area (Å²) in [7, 11) is -3.95. The van der Waals surface area contributed by atoms with Crippen molar-refractivity contribution in [2.45, 2.75) is 64.6 Å². The number of carbonyl (C=O) groups is 2. The molecule has 11 heteroatoms. The molecule has 1 fully saturated rings. The van der Waals surface area contributed by atoms with Gasteiger partial charge in [0.15, 0.2) is 0 Å². The first kappa shape index (κ1) is 29.6. The molecule has 3 rings (SSSR count). The molecule has 0 radical (unpaired) electrons. The number of sulfonamides is 1. The normalized spacial score (nSPS) is 14.9. The molecule has 2 aromatic carbocycles. The number of amides is 2. The van der Waals surface area contributed by atoms with E-state index in [1.165, 1.54) is 17.0 Å². The molecule has 1 atom stereocenters. The number of hydrogen-bond donors (Lipinski definition) is 1. The van der Waals surface area contributed by atoms with Gasteiger partial charge < -0.3 is 10.2 Å². The van der Waals surface area contributed by atoms with Crippen molar-refractivity contribution in [1.29, 1.82) is 0 Å². The molecular weight excluding hydrogens is 557 g/mol. The second-order valence-corrected chi connectivity index (χ2v) is 12.5. The number of halogens is 3. The first-order valence-electron chi connectivity index (χ1n) is 12.2. The van der Waals surface area contributed by atoms with E-state index in [-0.39, 0.29) is 39.2 Å². The van der Waals surface area contributed by atoms with Gasteiger partial charge in [0.2, 0.25) is 21.8 Å².